The Bertz CT molecular complexity index is 429. The number of aryl methyl sites for hydroxylation is 1. The first kappa shape index (κ1) is 17.0. The van der Waals surface area contributed by atoms with Crippen LogP contribution >= 0.6 is 0 Å². The summed E-state index contributed by atoms with van der Waals surface area (Å²) in [6.45, 7) is 15.4. The maximum Gasteiger partial charge on any atom is 0.126 e. The summed E-state index contributed by atoms with van der Waals surface area (Å²) in [5.74, 6) is 0.469. The van der Waals surface area contributed by atoms with Crippen LogP contribution in [0.25, 0.3) is 0 Å². The summed E-state index contributed by atoms with van der Waals surface area (Å²) in [5.41, 5.74) is 2.93. The van der Waals surface area contributed by atoms with E-state index in [1.165, 1.54) is 0 Å². The number of nitrogens with zero attached hydrogens (tertiary/aromatic N) is 1. The summed E-state index contributed by atoms with van der Waals surface area (Å²) >= 11 is 0. The summed E-state index contributed by atoms with van der Waals surface area (Å²) in [4.78, 5) is 2.35. The second-order valence-corrected chi connectivity index (χ2v) is 5.87. The molecule has 20 heavy (non-hydrogen) atoms. The van der Waals surface area contributed by atoms with Gasteiger partial charge in [0.2, 0.25) is 0 Å². The lowest BCUT2D eigenvalue weighted by molar-refractivity contribution is 0.570. The molecule has 1 atom stereocenters. The smallest absolute Gasteiger partial charge is 0.126 e. The van der Waals surface area contributed by atoms with Crippen LogP contribution < -0.4 is 10.2 Å². The van der Waals surface area contributed by atoms with E-state index in [2.05, 4.69) is 44.8 Å². The first-order chi connectivity index (χ1) is 9.40. The van der Waals surface area contributed by atoms with Crippen molar-refractivity contribution in [1.82, 2.24) is 5.32 Å². The van der Waals surface area contributed by atoms with Gasteiger partial charge < -0.3 is 10.2 Å². The molecule has 0 bridgehead atoms. The summed E-state index contributed by atoms with van der Waals surface area (Å²) in [6, 6.07) is 3.84. The standard InChI is InChI=1S/C17H29FN2/c1-7-19-14(6)15-10-16(18)13(5)9-17(15)20(8-2)11-12(3)4/h9-10,12,14,19H,7-8,11H2,1-6H3. The molecule has 0 amide bonds. The fourth-order valence-electron chi connectivity index (χ4n) is 2.56. The molecular weight excluding hydrogens is 251 g/mol. The van der Waals surface area contributed by atoms with Crippen molar-refractivity contribution in [2.24, 2.45) is 5.92 Å². The Labute approximate surface area is 123 Å². The quantitative estimate of drug-likeness (QED) is 0.801. The predicted octanol–water partition coefficient (Wildman–Crippen LogP) is 4.29. The van der Waals surface area contributed by atoms with E-state index in [4.69, 9.17) is 0 Å². The molecule has 1 aromatic carbocycles. The monoisotopic (exact) mass is 280 g/mol. The third-order valence-electron chi connectivity index (χ3n) is 3.59. The maximum atomic E-state index is 13.9. The number of hydrogen-bond acceptors (Lipinski definition) is 2. The second-order valence-electron chi connectivity index (χ2n) is 5.87. The van der Waals surface area contributed by atoms with E-state index in [0.29, 0.717) is 5.92 Å². The van der Waals surface area contributed by atoms with Gasteiger partial charge in [-0.15, -0.1) is 0 Å². The highest BCUT2D eigenvalue weighted by Crippen LogP contribution is 2.30. The minimum atomic E-state index is -0.117. The molecule has 0 saturated carbocycles. The second kappa shape index (κ2) is 7.63. The van der Waals surface area contributed by atoms with Gasteiger partial charge in [-0.25, -0.2) is 4.39 Å². The van der Waals surface area contributed by atoms with Crippen LogP contribution in [0.1, 0.15) is 51.8 Å². The van der Waals surface area contributed by atoms with Gasteiger partial charge in [-0.05, 0) is 56.5 Å². The van der Waals surface area contributed by atoms with Crippen LogP contribution in [0.4, 0.5) is 10.1 Å². The number of halogens is 1. The highest BCUT2D eigenvalue weighted by Gasteiger charge is 2.17. The van der Waals surface area contributed by atoms with Gasteiger partial charge in [-0.1, -0.05) is 20.8 Å². The average molecular weight is 280 g/mol. The molecule has 0 aliphatic carbocycles. The molecule has 0 spiro atoms. The summed E-state index contributed by atoms with van der Waals surface area (Å²) in [6.07, 6.45) is 0. The molecule has 0 saturated heterocycles. The molecule has 0 radical (unpaired) electrons. The Kier molecular flexibility index (Phi) is 6.47. The average Bonchev–Trinajstić information content (AvgIpc) is 2.38. The number of anilines is 1. The van der Waals surface area contributed by atoms with E-state index in [1.54, 1.807) is 6.07 Å². The van der Waals surface area contributed by atoms with Gasteiger partial charge >= 0.3 is 0 Å². The minimum absolute atomic E-state index is 0.117. The fourth-order valence-corrected chi connectivity index (χ4v) is 2.56. The number of hydrogen-bond donors (Lipinski definition) is 1. The van der Waals surface area contributed by atoms with Crippen molar-refractivity contribution in [1.29, 1.82) is 0 Å². The predicted molar refractivity (Wildman–Crippen MR) is 86.0 cm³/mol. The van der Waals surface area contributed by atoms with Crippen LogP contribution in [0.2, 0.25) is 0 Å². The summed E-state index contributed by atoms with van der Waals surface area (Å²) < 4.78 is 13.9. The molecule has 1 aromatic rings. The first-order valence-electron chi connectivity index (χ1n) is 7.69. The molecule has 0 heterocycles. The molecular formula is C17H29FN2. The van der Waals surface area contributed by atoms with E-state index < -0.39 is 0 Å². The van der Waals surface area contributed by atoms with Crippen molar-refractivity contribution in [3.05, 3.63) is 29.1 Å². The molecule has 0 fully saturated rings. The molecule has 1 unspecified atom stereocenters. The molecule has 114 valence electrons. The molecule has 0 aliphatic rings. The lowest BCUT2D eigenvalue weighted by Crippen LogP contribution is -2.30. The molecule has 3 heteroatoms. The van der Waals surface area contributed by atoms with Crippen molar-refractivity contribution < 1.29 is 4.39 Å². The number of rotatable bonds is 7. The van der Waals surface area contributed by atoms with E-state index in [0.717, 1.165) is 36.4 Å². The first-order valence-corrected chi connectivity index (χ1v) is 7.69. The van der Waals surface area contributed by atoms with Crippen molar-refractivity contribution in [2.75, 3.05) is 24.5 Å². The Morgan fingerprint density at radius 2 is 1.85 bits per heavy atom. The molecule has 2 nitrogen and oxygen atoms in total. The largest absolute Gasteiger partial charge is 0.371 e. The topological polar surface area (TPSA) is 15.3 Å². The molecule has 1 N–H and O–H groups in total. The molecule has 1 rings (SSSR count). The SMILES string of the molecule is CCNC(C)c1cc(F)c(C)cc1N(CC)CC(C)C. The zero-order valence-corrected chi connectivity index (χ0v) is 13.8. The van der Waals surface area contributed by atoms with E-state index >= 15 is 0 Å². The van der Waals surface area contributed by atoms with Gasteiger partial charge in [-0.2, -0.15) is 0 Å². The van der Waals surface area contributed by atoms with E-state index in [1.807, 2.05) is 13.0 Å². The van der Waals surface area contributed by atoms with Crippen molar-refractivity contribution >= 4 is 5.69 Å². The maximum absolute atomic E-state index is 13.9. The van der Waals surface area contributed by atoms with Crippen LogP contribution in [0, 0.1) is 18.7 Å². The van der Waals surface area contributed by atoms with Crippen LogP contribution in [0.5, 0.6) is 0 Å². The molecule has 0 aliphatic heterocycles. The third-order valence-corrected chi connectivity index (χ3v) is 3.59. The van der Waals surface area contributed by atoms with Crippen LogP contribution in [0.3, 0.4) is 0 Å². The number of nitrogens with one attached hydrogen (secondary N) is 1. The summed E-state index contributed by atoms with van der Waals surface area (Å²) in [5, 5.41) is 3.39. The zero-order valence-electron chi connectivity index (χ0n) is 13.8. The van der Waals surface area contributed by atoms with Crippen molar-refractivity contribution in [3.63, 3.8) is 0 Å². The van der Waals surface area contributed by atoms with E-state index in [9.17, 15) is 4.39 Å². The van der Waals surface area contributed by atoms with Crippen molar-refractivity contribution in [3.8, 4) is 0 Å². The Morgan fingerprint density at radius 3 is 2.35 bits per heavy atom. The van der Waals surface area contributed by atoms with Gasteiger partial charge in [0.05, 0.1) is 0 Å². The van der Waals surface area contributed by atoms with Gasteiger partial charge in [0.1, 0.15) is 5.82 Å². The van der Waals surface area contributed by atoms with Gasteiger partial charge in [-0.3, -0.25) is 0 Å². The van der Waals surface area contributed by atoms with E-state index in [-0.39, 0.29) is 11.9 Å². The van der Waals surface area contributed by atoms with Gasteiger partial charge in [0, 0.05) is 24.8 Å². The highest BCUT2D eigenvalue weighted by atomic mass is 19.1. The third kappa shape index (κ3) is 4.20. The lowest BCUT2D eigenvalue weighted by Gasteiger charge is -2.30. The Hall–Kier alpha value is -1.09. The fraction of sp³-hybridized carbons (Fsp3) is 0.647. The summed E-state index contributed by atoms with van der Waals surface area (Å²) in [7, 11) is 0. The Balaban J connectivity index is 3.23. The minimum Gasteiger partial charge on any atom is -0.371 e. The normalized spacial score (nSPS) is 12.8. The zero-order chi connectivity index (χ0) is 15.3. The van der Waals surface area contributed by atoms with Gasteiger partial charge in [0.15, 0.2) is 0 Å². The van der Waals surface area contributed by atoms with Crippen molar-refractivity contribution in [2.45, 2.75) is 47.6 Å². The highest BCUT2D eigenvalue weighted by molar-refractivity contribution is 5.57. The Morgan fingerprint density at radius 1 is 1.20 bits per heavy atom. The van der Waals surface area contributed by atoms with Crippen LogP contribution in [-0.4, -0.2) is 19.6 Å². The lowest BCUT2D eigenvalue weighted by atomic mass is 10.0. The van der Waals surface area contributed by atoms with Crippen LogP contribution in [0.15, 0.2) is 12.1 Å². The number of benzene rings is 1. The van der Waals surface area contributed by atoms with Crippen LogP contribution in [-0.2, 0) is 0 Å². The molecule has 0 aromatic heterocycles. The van der Waals surface area contributed by atoms with Gasteiger partial charge in [0.25, 0.3) is 0 Å².